The Hall–Kier alpha value is -2.72. The fourth-order valence-electron chi connectivity index (χ4n) is 3.92. The molecular formula is C22H24F2N2O5S. The summed E-state index contributed by atoms with van der Waals surface area (Å²) >= 11 is 0. The lowest BCUT2D eigenvalue weighted by atomic mass is 9.96. The van der Waals surface area contributed by atoms with E-state index >= 15 is 0 Å². The number of sulfonamides is 1. The van der Waals surface area contributed by atoms with Crippen LogP contribution in [0.5, 0.6) is 11.5 Å². The zero-order valence-corrected chi connectivity index (χ0v) is 18.3. The molecule has 10 heteroatoms. The molecule has 1 amide bonds. The van der Waals surface area contributed by atoms with Crippen LogP contribution < -0.4 is 14.8 Å². The van der Waals surface area contributed by atoms with Gasteiger partial charge in [0.1, 0.15) is 29.7 Å². The number of fused-ring (bicyclic) bond motifs is 1. The van der Waals surface area contributed by atoms with Gasteiger partial charge in [0.15, 0.2) is 11.5 Å². The van der Waals surface area contributed by atoms with Crippen LogP contribution in [0.4, 0.5) is 8.78 Å². The zero-order valence-electron chi connectivity index (χ0n) is 17.5. The average molecular weight is 467 g/mol. The number of nitrogens with one attached hydrogen (secondary N) is 1. The van der Waals surface area contributed by atoms with Crippen molar-refractivity contribution in [2.75, 3.05) is 26.3 Å². The maximum atomic E-state index is 14.0. The number of nitrogens with zero attached hydrogens (tertiary/aromatic N) is 1. The summed E-state index contributed by atoms with van der Waals surface area (Å²) in [5.41, 5.74) is 0.865. The molecule has 2 aliphatic heterocycles. The molecule has 1 saturated heterocycles. The topological polar surface area (TPSA) is 84.9 Å². The summed E-state index contributed by atoms with van der Waals surface area (Å²) in [5.74, 6) is -1.08. The number of benzene rings is 2. The Morgan fingerprint density at radius 2 is 1.75 bits per heavy atom. The second-order valence-electron chi connectivity index (χ2n) is 7.89. The predicted molar refractivity (Wildman–Crippen MR) is 112 cm³/mol. The molecule has 1 atom stereocenters. The number of piperidine rings is 1. The third kappa shape index (κ3) is 4.56. The van der Waals surface area contributed by atoms with Crippen molar-refractivity contribution in [1.29, 1.82) is 0 Å². The maximum Gasteiger partial charge on any atom is 0.246 e. The van der Waals surface area contributed by atoms with Gasteiger partial charge in [-0.05, 0) is 55.7 Å². The number of ether oxygens (including phenoxy) is 2. The minimum Gasteiger partial charge on any atom is -0.486 e. The van der Waals surface area contributed by atoms with Crippen LogP contribution in [0.3, 0.4) is 0 Å². The van der Waals surface area contributed by atoms with Gasteiger partial charge in [-0.2, -0.15) is 4.31 Å². The molecule has 2 aromatic rings. The fourth-order valence-corrected chi connectivity index (χ4v) is 5.46. The Bertz CT molecular complexity index is 1120. The van der Waals surface area contributed by atoms with Crippen LogP contribution in [0.25, 0.3) is 0 Å². The Balaban J connectivity index is 1.37. The lowest BCUT2D eigenvalue weighted by Crippen LogP contribution is -2.43. The highest BCUT2D eigenvalue weighted by Crippen LogP contribution is 2.33. The zero-order chi connectivity index (χ0) is 22.9. The number of rotatable bonds is 5. The number of carbonyl (C=O) groups excluding carboxylic acids is 1. The molecule has 0 spiro atoms. The van der Waals surface area contributed by atoms with E-state index in [-0.39, 0.29) is 43.8 Å². The van der Waals surface area contributed by atoms with Crippen molar-refractivity contribution >= 4 is 15.9 Å². The van der Waals surface area contributed by atoms with Gasteiger partial charge in [0, 0.05) is 19.0 Å². The van der Waals surface area contributed by atoms with Crippen LogP contribution in [0.2, 0.25) is 0 Å². The molecule has 7 nitrogen and oxygen atoms in total. The summed E-state index contributed by atoms with van der Waals surface area (Å²) in [6.45, 7) is 2.93. The van der Waals surface area contributed by atoms with Crippen LogP contribution in [0.1, 0.15) is 31.4 Å². The highest BCUT2D eigenvalue weighted by molar-refractivity contribution is 7.89. The number of carbonyl (C=O) groups is 1. The van der Waals surface area contributed by atoms with E-state index in [2.05, 4.69) is 5.32 Å². The minimum absolute atomic E-state index is 0.0504. The van der Waals surface area contributed by atoms with Gasteiger partial charge in [-0.15, -0.1) is 0 Å². The van der Waals surface area contributed by atoms with E-state index in [4.69, 9.17) is 9.47 Å². The Kier molecular flexibility index (Phi) is 6.34. The first-order valence-electron chi connectivity index (χ1n) is 10.4. The van der Waals surface area contributed by atoms with E-state index in [9.17, 15) is 22.0 Å². The third-order valence-corrected chi connectivity index (χ3v) is 7.67. The van der Waals surface area contributed by atoms with Crippen molar-refractivity contribution in [3.63, 3.8) is 0 Å². The first-order valence-corrected chi connectivity index (χ1v) is 11.8. The molecular weight excluding hydrogens is 442 g/mol. The summed E-state index contributed by atoms with van der Waals surface area (Å²) in [7, 11) is -4.18. The van der Waals surface area contributed by atoms with Crippen molar-refractivity contribution in [2.45, 2.75) is 30.7 Å². The summed E-state index contributed by atoms with van der Waals surface area (Å²) in [4.78, 5) is 12.1. The molecule has 32 heavy (non-hydrogen) atoms. The largest absolute Gasteiger partial charge is 0.486 e. The molecule has 0 bridgehead atoms. The minimum atomic E-state index is -4.18. The van der Waals surface area contributed by atoms with E-state index in [0.717, 1.165) is 22.0 Å². The first kappa shape index (κ1) is 22.5. The van der Waals surface area contributed by atoms with E-state index < -0.39 is 26.6 Å². The van der Waals surface area contributed by atoms with Gasteiger partial charge in [0.2, 0.25) is 15.9 Å². The molecule has 4 rings (SSSR count). The van der Waals surface area contributed by atoms with Crippen molar-refractivity contribution in [2.24, 2.45) is 5.92 Å². The standard InChI is InChI=1S/C22H24F2N2O5S/c1-14(16-2-5-19-20(12-16)31-11-10-30-19)25-22(27)15-6-8-26(9-7-15)32(28,29)21-13-17(23)3-4-18(21)24/h2-5,12-15H,6-11H2,1H3,(H,25,27)/t14-/m1/s1. The van der Waals surface area contributed by atoms with Crippen molar-refractivity contribution in [1.82, 2.24) is 9.62 Å². The highest BCUT2D eigenvalue weighted by atomic mass is 32.2. The van der Waals surface area contributed by atoms with Crippen LogP contribution in [-0.2, 0) is 14.8 Å². The molecule has 0 aliphatic carbocycles. The smallest absolute Gasteiger partial charge is 0.246 e. The van der Waals surface area contributed by atoms with Gasteiger partial charge in [-0.25, -0.2) is 17.2 Å². The highest BCUT2D eigenvalue weighted by Gasteiger charge is 2.34. The number of hydrogen-bond donors (Lipinski definition) is 1. The number of halogens is 2. The normalized spacial score (nSPS) is 18.2. The van der Waals surface area contributed by atoms with Gasteiger partial charge >= 0.3 is 0 Å². The Morgan fingerprint density at radius 3 is 2.47 bits per heavy atom. The first-order chi connectivity index (χ1) is 15.3. The molecule has 2 heterocycles. The Morgan fingerprint density at radius 1 is 1.06 bits per heavy atom. The molecule has 172 valence electrons. The lowest BCUT2D eigenvalue weighted by Gasteiger charge is -2.31. The van der Waals surface area contributed by atoms with Gasteiger partial charge in [0.25, 0.3) is 0 Å². The van der Waals surface area contributed by atoms with E-state index in [1.54, 1.807) is 6.07 Å². The maximum absolute atomic E-state index is 14.0. The van der Waals surface area contributed by atoms with E-state index in [0.29, 0.717) is 30.8 Å². The quantitative estimate of drug-likeness (QED) is 0.732. The summed E-state index contributed by atoms with van der Waals surface area (Å²) in [6, 6.07) is 7.57. The molecule has 0 saturated carbocycles. The summed E-state index contributed by atoms with van der Waals surface area (Å²) < 4.78 is 65.0. The van der Waals surface area contributed by atoms with Crippen molar-refractivity contribution < 1.29 is 31.5 Å². The van der Waals surface area contributed by atoms with Gasteiger partial charge in [0.05, 0.1) is 6.04 Å². The van der Waals surface area contributed by atoms with Gasteiger partial charge < -0.3 is 14.8 Å². The number of hydrogen-bond acceptors (Lipinski definition) is 5. The van der Waals surface area contributed by atoms with E-state index in [1.807, 2.05) is 19.1 Å². The van der Waals surface area contributed by atoms with Crippen LogP contribution in [0.15, 0.2) is 41.3 Å². The number of amides is 1. The molecule has 0 radical (unpaired) electrons. The van der Waals surface area contributed by atoms with Crippen LogP contribution in [-0.4, -0.2) is 44.9 Å². The molecule has 1 N–H and O–H groups in total. The molecule has 2 aliphatic rings. The van der Waals surface area contributed by atoms with E-state index in [1.165, 1.54) is 0 Å². The van der Waals surface area contributed by atoms with Gasteiger partial charge in [-0.3, -0.25) is 4.79 Å². The lowest BCUT2D eigenvalue weighted by molar-refractivity contribution is -0.126. The van der Waals surface area contributed by atoms with Crippen molar-refractivity contribution in [3.8, 4) is 11.5 Å². The Labute approximate surface area is 185 Å². The fraction of sp³-hybridized carbons (Fsp3) is 0.409. The SMILES string of the molecule is C[C@@H](NC(=O)C1CCN(S(=O)(=O)c2cc(F)ccc2F)CC1)c1ccc2c(c1)OCCO2. The summed E-state index contributed by atoms with van der Waals surface area (Å²) in [6.07, 6.45) is 0.575. The van der Waals surface area contributed by atoms with Gasteiger partial charge in [-0.1, -0.05) is 6.07 Å². The van der Waals surface area contributed by atoms with Crippen LogP contribution >= 0.6 is 0 Å². The monoisotopic (exact) mass is 466 g/mol. The second-order valence-corrected chi connectivity index (χ2v) is 9.79. The van der Waals surface area contributed by atoms with Crippen molar-refractivity contribution in [3.05, 3.63) is 53.6 Å². The molecule has 2 aromatic carbocycles. The second kappa shape index (κ2) is 9.03. The molecule has 0 unspecified atom stereocenters. The molecule has 1 fully saturated rings. The average Bonchev–Trinajstić information content (AvgIpc) is 2.80. The van der Waals surface area contributed by atoms with Crippen LogP contribution in [0, 0.1) is 17.6 Å². The third-order valence-electron chi connectivity index (χ3n) is 5.76. The molecule has 0 aromatic heterocycles. The predicted octanol–water partition coefficient (Wildman–Crippen LogP) is 3.01. The summed E-state index contributed by atoms with van der Waals surface area (Å²) in [5, 5.41) is 2.96.